The molecule has 0 unspecified atom stereocenters. The zero-order chi connectivity index (χ0) is 14.4. The van der Waals surface area contributed by atoms with E-state index in [2.05, 4.69) is 44.2 Å². The van der Waals surface area contributed by atoms with Gasteiger partial charge in [0.2, 0.25) is 17.2 Å². The number of nitrogens with one attached hydrogen (secondary N) is 1. The topological polar surface area (TPSA) is 57.2 Å². The van der Waals surface area contributed by atoms with Crippen molar-refractivity contribution in [1.82, 2.24) is 19.9 Å². The minimum absolute atomic E-state index is 0.260. The highest BCUT2D eigenvalue weighted by Gasteiger charge is 2.15. The Bertz CT molecular complexity index is 419. The molecule has 6 nitrogen and oxygen atoms in total. The number of hydrogen-bond acceptors (Lipinski definition) is 6. The molecule has 1 saturated heterocycles. The molecule has 0 spiro atoms. The SMILES string of the molecule is CN(C)CCCNc1nc(Cl)nc(N2CCCCC2)n1. The van der Waals surface area contributed by atoms with Crippen LogP contribution in [0.2, 0.25) is 5.28 Å². The fourth-order valence-electron chi connectivity index (χ4n) is 2.25. The van der Waals surface area contributed by atoms with E-state index in [1.807, 2.05) is 0 Å². The fourth-order valence-corrected chi connectivity index (χ4v) is 2.41. The maximum absolute atomic E-state index is 6.00. The Morgan fingerprint density at radius 2 is 1.90 bits per heavy atom. The molecule has 0 amide bonds. The van der Waals surface area contributed by atoms with Crippen LogP contribution in [0.4, 0.5) is 11.9 Å². The minimum Gasteiger partial charge on any atom is -0.354 e. The standard InChI is InChI=1S/C13H23ClN6/c1-19(2)8-6-7-15-12-16-11(14)17-13(18-12)20-9-4-3-5-10-20/h3-10H2,1-2H3,(H,15,16,17,18). The Balaban J connectivity index is 1.93. The predicted molar refractivity (Wildman–Crippen MR) is 82.6 cm³/mol. The van der Waals surface area contributed by atoms with E-state index in [-0.39, 0.29) is 5.28 Å². The van der Waals surface area contributed by atoms with Crippen LogP contribution in [-0.2, 0) is 0 Å². The van der Waals surface area contributed by atoms with Crippen LogP contribution in [0.5, 0.6) is 0 Å². The number of halogens is 1. The summed E-state index contributed by atoms with van der Waals surface area (Å²) >= 11 is 6.00. The van der Waals surface area contributed by atoms with Crippen LogP contribution in [-0.4, -0.2) is 60.1 Å². The zero-order valence-corrected chi connectivity index (χ0v) is 13.0. The van der Waals surface area contributed by atoms with Crippen molar-refractivity contribution >= 4 is 23.5 Å². The van der Waals surface area contributed by atoms with Crippen LogP contribution in [0.1, 0.15) is 25.7 Å². The summed E-state index contributed by atoms with van der Waals surface area (Å²) in [6, 6.07) is 0. The lowest BCUT2D eigenvalue weighted by atomic mass is 10.1. The van der Waals surface area contributed by atoms with Gasteiger partial charge in [0.05, 0.1) is 0 Å². The van der Waals surface area contributed by atoms with Crippen molar-refractivity contribution < 1.29 is 0 Å². The molecule has 7 heteroatoms. The highest BCUT2D eigenvalue weighted by molar-refractivity contribution is 6.28. The first-order valence-electron chi connectivity index (χ1n) is 7.20. The summed E-state index contributed by atoms with van der Waals surface area (Å²) in [6.45, 7) is 3.86. The third kappa shape index (κ3) is 4.76. The van der Waals surface area contributed by atoms with Gasteiger partial charge in [-0.1, -0.05) is 0 Å². The van der Waals surface area contributed by atoms with Crippen molar-refractivity contribution in [3.8, 4) is 0 Å². The number of piperidine rings is 1. The summed E-state index contributed by atoms with van der Waals surface area (Å²) in [5.41, 5.74) is 0. The molecule has 1 aliphatic heterocycles. The van der Waals surface area contributed by atoms with Gasteiger partial charge in [0, 0.05) is 19.6 Å². The van der Waals surface area contributed by atoms with Crippen molar-refractivity contribution in [2.75, 3.05) is 50.5 Å². The van der Waals surface area contributed by atoms with E-state index >= 15 is 0 Å². The maximum Gasteiger partial charge on any atom is 0.231 e. The van der Waals surface area contributed by atoms with Gasteiger partial charge >= 0.3 is 0 Å². The molecule has 2 rings (SSSR count). The summed E-state index contributed by atoms with van der Waals surface area (Å²) in [5.74, 6) is 1.27. The maximum atomic E-state index is 6.00. The van der Waals surface area contributed by atoms with Crippen molar-refractivity contribution in [3.63, 3.8) is 0 Å². The number of aromatic nitrogens is 3. The average molecular weight is 299 g/mol. The third-order valence-electron chi connectivity index (χ3n) is 3.30. The van der Waals surface area contributed by atoms with Gasteiger partial charge in [-0.2, -0.15) is 15.0 Å². The molecule has 0 radical (unpaired) electrons. The van der Waals surface area contributed by atoms with Gasteiger partial charge < -0.3 is 15.1 Å². The van der Waals surface area contributed by atoms with E-state index in [0.29, 0.717) is 11.9 Å². The van der Waals surface area contributed by atoms with Crippen LogP contribution in [0.3, 0.4) is 0 Å². The van der Waals surface area contributed by atoms with Crippen molar-refractivity contribution in [1.29, 1.82) is 0 Å². The Labute approximate surface area is 125 Å². The molecule has 0 aliphatic carbocycles. The Kier molecular flexibility index (Phi) is 5.79. The molecule has 0 aromatic carbocycles. The number of hydrogen-bond donors (Lipinski definition) is 1. The van der Waals surface area contributed by atoms with E-state index < -0.39 is 0 Å². The van der Waals surface area contributed by atoms with E-state index in [1.165, 1.54) is 19.3 Å². The first kappa shape index (κ1) is 15.3. The van der Waals surface area contributed by atoms with E-state index in [0.717, 1.165) is 32.6 Å². The predicted octanol–water partition coefficient (Wildman–Crippen LogP) is 1.88. The quantitative estimate of drug-likeness (QED) is 0.809. The minimum atomic E-state index is 0.260. The van der Waals surface area contributed by atoms with E-state index in [1.54, 1.807) is 0 Å². The second kappa shape index (κ2) is 7.59. The Morgan fingerprint density at radius 3 is 2.60 bits per heavy atom. The number of anilines is 2. The van der Waals surface area contributed by atoms with Crippen molar-refractivity contribution in [2.45, 2.75) is 25.7 Å². The van der Waals surface area contributed by atoms with Crippen molar-refractivity contribution in [2.24, 2.45) is 0 Å². The smallest absolute Gasteiger partial charge is 0.231 e. The molecule has 0 atom stereocenters. The number of rotatable bonds is 6. The van der Waals surface area contributed by atoms with Crippen LogP contribution in [0, 0.1) is 0 Å². The highest BCUT2D eigenvalue weighted by Crippen LogP contribution is 2.18. The fraction of sp³-hybridized carbons (Fsp3) is 0.769. The Hall–Kier alpha value is -1.14. The molecular weight excluding hydrogens is 276 g/mol. The molecule has 0 bridgehead atoms. The van der Waals surface area contributed by atoms with Gasteiger partial charge in [0.15, 0.2) is 0 Å². The molecular formula is C13H23ClN6. The van der Waals surface area contributed by atoms with Crippen LogP contribution >= 0.6 is 11.6 Å². The lowest BCUT2D eigenvalue weighted by Crippen LogP contribution is -2.31. The molecule has 1 N–H and O–H groups in total. The molecule has 1 fully saturated rings. The van der Waals surface area contributed by atoms with Crippen LogP contribution < -0.4 is 10.2 Å². The van der Waals surface area contributed by atoms with Gasteiger partial charge in [-0.15, -0.1) is 0 Å². The average Bonchev–Trinajstić information content (AvgIpc) is 2.44. The molecule has 1 aromatic heterocycles. The van der Waals surface area contributed by atoms with Gasteiger partial charge in [-0.3, -0.25) is 0 Å². The molecule has 1 aromatic rings. The summed E-state index contributed by atoms with van der Waals surface area (Å²) in [5, 5.41) is 3.48. The molecule has 1 aliphatic rings. The molecule has 20 heavy (non-hydrogen) atoms. The van der Waals surface area contributed by atoms with Gasteiger partial charge in [-0.05, 0) is 57.9 Å². The number of nitrogens with zero attached hydrogens (tertiary/aromatic N) is 5. The summed E-state index contributed by atoms with van der Waals surface area (Å²) in [4.78, 5) is 17.2. The lowest BCUT2D eigenvalue weighted by molar-refractivity contribution is 0.405. The molecule has 2 heterocycles. The van der Waals surface area contributed by atoms with Crippen LogP contribution in [0.25, 0.3) is 0 Å². The first-order valence-corrected chi connectivity index (χ1v) is 7.58. The van der Waals surface area contributed by atoms with Gasteiger partial charge in [-0.25, -0.2) is 0 Å². The summed E-state index contributed by atoms with van der Waals surface area (Å²) < 4.78 is 0. The Morgan fingerprint density at radius 1 is 1.15 bits per heavy atom. The summed E-state index contributed by atoms with van der Waals surface area (Å²) in [6.07, 6.45) is 4.70. The lowest BCUT2D eigenvalue weighted by Gasteiger charge is -2.26. The highest BCUT2D eigenvalue weighted by atomic mass is 35.5. The van der Waals surface area contributed by atoms with Gasteiger partial charge in [0.25, 0.3) is 0 Å². The van der Waals surface area contributed by atoms with E-state index in [9.17, 15) is 0 Å². The van der Waals surface area contributed by atoms with Crippen LogP contribution in [0.15, 0.2) is 0 Å². The van der Waals surface area contributed by atoms with Gasteiger partial charge in [0.1, 0.15) is 0 Å². The normalized spacial score (nSPS) is 15.7. The first-order chi connectivity index (χ1) is 9.65. The van der Waals surface area contributed by atoms with E-state index in [4.69, 9.17) is 11.6 Å². The second-order valence-corrected chi connectivity index (χ2v) is 5.70. The third-order valence-corrected chi connectivity index (χ3v) is 3.47. The summed E-state index contributed by atoms with van der Waals surface area (Å²) in [7, 11) is 4.13. The molecule has 0 saturated carbocycles. The second-order valence-electron chi connectivity index (χ2n) is 5.36. The molecule has 112 valence electrons. The monoisotopic (exact) mass is 298 g/mol. The largest absolute Gasteiger partial charge is 0.354 e. The zero-order valence-electron chi connectivity index (χ0n) is 12.3. The van der Waals surface area contributed by atoms with Crippen molar-refractivity contribution in [3.05, 3.63) is 5.28 Å².